The highest BCUT2D eigenvalue weighted by molar-refractivity contribution is 6.03. The van der Waals surface area contributed by atoms with E-state index in [2.05, 4.69) is 15.6 Å². The third kappa shape index (κ3) is 4.36. The van der Waals surface area contributed by atoms with E-state index < -0.39 is 0 Å². The molecule has 166 valence electrons. The number of nitrogens with zero attached hydrogens (tertiary/aromatic N) is 3. The summed E-state index contributed by atoms with van der Waals surface area (Å²) in [4.78, 5) is 12.8. The lowest BCUT2D eigenvalue weighted by Gasteiger charge is -2.09. The monoisotopic (exact) mass is 442 g/mol. The fourth-order valence-corrected chi connectivity index (χ4v) is 3.53. The van der Waals surface area contributed by atoms with Crippen LogP contribution in [0.1, 0.15) is 27.3 Å². The average Bonchev–Trinajstić information content (AvgIpc) is 3.44. The first-order chi connectivity index (χ1) is 16.1. The van der Waals surface area contributed by atoms with E-state index in [1.807, 2.05) is 74.5 Å². The van der Waals surface area contributed by atoms with Crippen LogP contribution < -0.4 is 19.5 Å². The Bertz CT molecular complexity index is 1310. The van der Waals surface area contributed by atoms with Crippen LogP contribution in [0.5, 0.6) is 17.2 Å². The molecule has 0 spiro atoms. The SMILES string of the molecule is Cc1ccc(-n2nnc(C(=O)Nc3cccc(COc4ccc5c(c4)OCO5)c3)c2C)cc1. The molecular formula is C25H22N4O4. The smallest absolute Gasteiger partial charge is 0.278 e. The lowest BCUT2D eigenvalue weighted by molar-refractivity contribution is 0.102. The molecule has 4 aromatic rings. The molecule has 0 aliphatic carbocycles. The van der Waals surface area contributed by atoms with Gasteiger partial charge in [-0.2, -0.15) is 0 Å². The van der Waals surface area contributed by atoms with E-state index in [1.165, 1.54) is 0 Å². The van der Waals surface area contributed by atoms with Gasteiger partial charge in [-0.3, -0.25) is 4.79 Å². The number of benzene rings is 3. The summed E-state index contributed by atoms with van der Waals surface area (Å²) in [6.45, 7) is 4.40. The van der Waals surface area contributed by atoms with Gasteiger partial charge < -0.3 is 19.5 Å². The van der Waals surface area contributed by atoms with Crippen molar-refractivity contribution in [3.63, 3.8) is 0 Å². The van der Waals surface area contributed by atoms with Gasteiger partial charge in [0.05, 0.1) is 11.4 Å². The van der Waals surface area contributed by atoms with Gasteiger partial charge in [0.15, 0.2) is 17.2 Å². The van der Waals surface area contributed by atoms with Crippen molar-refractivity contribution in [3.05, 3.63) is 89.2 Å². The molecular weight excluding hydrogens is 420 g/mol. The molecule has 8 nitrogen and oxygen atoms in total. The zero-order valence-corrected chi connectivity index (χ0v) is 18.2. The van der Waals surface area contributed by atoms with Crippen LogP contribution >= 0.6 is 0 Å². The summed E-state index contributed by atoms with van der Waals surface area (Å²) in [6, 6.07) is 20.8. The number of aromatic nitrogens is 3. The number of fused-ring (bicyclic) bond motifs is 1. The fraction of sp³-hybridized carbons (Fsp3) is 0.160. The summed E-state index contributed by atoms with van der Waals surface area (Å²) in [5.74, 6) is 1.74. The van der Waals surface area contributed by atoms with Crippen molar-refractivity contribution >= 4 is 11.6 Å². The standard InChI is InChI=1S/C25H22N4O4/c1-16-6-8-20(9-7-16)29-17(2)24(27-28-29)25(30)26-19-5-3-4-18(12-19)14-31-21-10-11-22-23(13-21)33-15-32-22/h3-13H,14-15H2,1-2H3,(H,26,30). The van der Waals surface area contributed by atoms with E-state index in [9.17, 15) is 4.79 Å². The zero-order valence-electron chi connectivity index (χ0n) is 18.2. The Labute approximate surface area is 190 Å². The third-order valence-electron chi connectivity index (χ3n) is 5.32. The molecule has 1 aliphatic rings. The number of rotatable bonds is 6. The molecule has 0 radical (unpaired) electrons. The van der Waals surface area contributed by atoms with Crippen molar-refractivity contribution in [3.8, 4) is 22.9 Å². The molecule has 2 heterocycles. The van der Waals surface area contributed by atoms with E-state index in [1.54, 1.807) is 10.7 Å². The first-order valence-corrected chi connectivity index (χ1v) is 10.5. The first-order valence-electron chi connectivity index (χ1n) is 10.5. The molecule has 1 N–H and O–H groups in total. The molecule has 0 bridgehead atoms. The number of ether oxygens (including phenoxy) is 3. The van der Waals surface area contributed by atoms with Gasteiger partial charge >= 0.3 is 0 Å². The van der Waals surface area contributed by atoms with Gasteiger partial charge in [-0.05, 0) is 55.8 Å². The number of hydrogen-bond donors (Lipinski definition) is 1. The number of amides is 1. The van der Waals surface area contributed by atoms with Crippen molar-refractivity contribution < 1.29 is 19.0 Å². The Kier molecular flexibility index (Phi) is 5.40. The minimum absolute atomic E-state index is 0.221. The highest BCUT2D eigenvalue weighted by Crippen LogP contribution is 2.35. The molecule has 5 rings (SSSR count). The molecule has 0 atom stereocenters. The highest BCUT2D eigenvalue weighted by atomic mass is 16.7. The van der Waals surface area contributed by atoms with Crippen molar-refractivity contribution in [1.29, 1.82) is 0 Å². The largest absolute Gasteiger partial charge is 0.489 e. The number of nitrogens with one attached hydrogen (secondary N) is 1. The summed E-state index contributed by atoms with van der Waals surface area (Å²) in [5, 5.41) is 11.1. The van der Waals surface area contributed by atoms with Gasteiger partial charge in [-0.25, -0.2) is 4.68 Å². The predicted octanol–water partition coefficient (Wildman–Crippen LogP) is 4.44. The molecule has 0 saturated heterocycles. The van der Waals surface area contributed by atoms with E-state index in [-0.39, 0.29) is 18.4 Å². The van der Waals surface area contributed by atoms with Crippen LogP contribution in [0.2, 0.25) is 0 Å². The first kappa shape index (κ1) is 20.6. The molecule has 3 aromatic carbocycles. The minimum atomic E-state index is -0.320. The number of carbonyl (C=O) groups is 1. The Balaban J connectivity index is 1.26. The second-order valence-corrected chi connectivity index (χ2v) is 7.73. The Morgan fingerprint density at radius 2 is 1.85 bits per heavy atom. The maximum Gasteiger partial charge on any atom is 0.278 e. The van der Waals surface area contributed by atoms with Gasteiger partial charge in [0.25, 0.3) is 5.91 Å². The molecule has 8 heteroatoms. The number of carbonyl (C=O) groups excluding carboxylic acids is 1. The van der Waals surface area contributed by atoms with Crippen LogP contribution in [0.15, 0.2) is 66.7 Å². The molecule has 1 amide bonds. The Hall–Kier alpha value is -4.33. The molecule has 1 aromatic heterocycles. The van der Waals surface area contributed by atoms with Crippen LogP contribution in [0, 0.1) is 13.8 Å². The van der Waals surface area contributed by atoms with E-state index in [4.69, 9.17) is 14.2 Å². The van der Waals surface area contributed by atoms with Gasteiger partial charge in [-0.1, -0.05) is 35.0 Å². The Morgan fingerprint density at radius 1 is 1.03 bits per heavy atom. The molecule has 0 fully saturated rings. The van der Waals surface area contributed by atoms with E-state index in [0.717, 1.165) is 16.8 Å². The summed E-state index contributed by atoms with van der Waals surface area (Å²) in [7, 11) is 0. The van der Waals surface area contributed by atoms with Gasteiger partial charge in [0, 0.05) is 11.8 Å². The molecule has 33 heavy (non-hydrogen) atoms. The summed E-state index contributed by atoms with van der Waals surface area (Å²) in [6.07, 6.45) is 0. The van der Waals surface area contributed by atoms with Crippen molar-refractivity contribution in [1.82, 2.24) is 15.0 Å². The van der Waals surface area contributed by atoms with Crippen LogP contribution in [0.3, 0.4) is 0 Å². The normalized spacial score (nSPS) is 11.9. The van der Waals surface area contributed by atoms with Crippen molar-refractivity contribution in [2.24, 2.45) is 0 Å². The lowest BCUT2D eigenvalue weighted by atomic mass is 10.2. The van der Waals surface area contributed by atoms with Crippen LogP contribution in [-0.2, 0) is 6.61 Å². The number of aryl methyl sites for hydroxylation is 1. The second-order valence-electron chi connectivity index (χ2n) is 7.73. The van der Waals surface area contributed by atoms with E-state index in [0.29, 0.717) is 35.2 Å². The average molecular weight is 442 g/mol. The molecule has 1 aliphatic heterocycles. The van der Waals surface area contributed by atoms with Crippen LogP contribution in [-0.4, -0.2) is 27.7 Å². The van der Waals surface area contributed by atoms with Gasteiger partial charge in [0.1, 0.15) is 12.4 Å². The summed E-state index contributed by atoms with van der Waals surface area (Å²) < 4.78 is 18.2. The van der Waals surface area contributed by atoms with Crippen molar-refractivity contribution in [2.75, 3.05) is 12.1 Å². The van der Waals surface area contributed by atoms with Gasteiger partial charge in [0.2, 0.25) is 6.79 Å². The topological polar surface area (TPSA) is 87.5 Å². The Morgan fingerprint density at radius 3 is 2.70 bits per heavy atom. The summed E-state index contributed by atoms with van der Waals surface area (Å²) >= 11 is 0. The van der Waals surface area contributed by atoms with Crippen molar-refractivity contribution in [2.45, 2.75) is 20.5 Å². The zero-order chi connectivity index (χ0) is 22.8. The predicted molar refractivity (Wildman–Crippen MR) is 122 cm³/mol. The van der Waals surface area contributed by atoms with Gasteiger partial charge in [-0.15, -0.1) is 5.10 Å². The fourth-order valence-electron chi connectivity index (χ4n) is 3.53. The van der Waals surface area contributed by atoms with Crippen LogP contribution in [0.4, 0.5) is 5.69 Å². The quantitative estimate of drug-likeness (QED) is 0.475. The maximum absolute atomic E-state index is 12.8. The summed E-state index contributed by atoms with van der Waals surface area (Å²) in [5.41, 5.74) is 4.50. The second kappa shape index (κ2) is 8.66. The lowest BCUT2D eigenvalue weighted by Crippen LogP contribution is -2.14. The van der Waals surface area contributed by atoms with Crippen LogP contribution in [0.25, 0.3) is 5.69 Å². The molecule has 0 saturated carbocycles. The third-order valence-corrected chi connectivity index (χ3v) is 5.32. The number of anilines is 1. The highest BCUT2D eigenvalue weighted by Gasteiger charge is 2.18. The van der Waals surface area contributed by atoms with E-state index >= 15 is 0 Å². The maximum atomic E-state index is 12.8. The minimum Gasteiger partial charge on any atom is -0.489 e. The molecule has 0 unspecified atom stereocenters. The number of hydrogen-bond acceptors (Lipinski definition) is 6.